The van der Waals surface area contributed by atoms with E-state index in [0.717, 1.165) is 46.7 Å². The molecule has 19 heavy (non-hydrogen) atoms. The monoisotopic (exact) mass is 377 g/mol. The van der Waals surface area contributed by atoms with Crippen LogP contribution in [0, 0.1) is 9.49 Å². The highest BCUT2D eigenvalue weighted by molar-refractivity contribution is 14.1. The van der Waals surface area contributed by atoms with Gasteiger partial charge in [-0.15, -0.1) is 0 Å². The molecule has 0 saturated carbocycles. The third-order valence-corrected chi connectivity index (χ3v) is 3.87. The van der Waals surface area contributed by atoms with Crippen molar-refractivity contribution in [1.29, 1.82) is 0 Å². The summed E-state index contributed by atoms with van der Waals surface area (Å²) in [6.07, 6.45) is 3.12. The van der Waals surface area contributed by atoms with Crippen LogP contribution in [0.4, 0.5) is 5.82 Å². The van der Waals surface area contributed by atoms with Crippen molar-refractivity contribution in [3.63, 3.8) is 0 Å². The fraction of sp³-hybridized carbons (Fsp3) is 0.714. The third-order valence-electron chi connectivity index (χ3n) is 2.73. The van der Waals surface area contributed by atoms with E-state index in [1.54, 1.807) is 7.11 Å². The minimum atomic E-state index is 0.538. The number of aromatic nitrogens is 2. The molecule has 0 radical (unpaired) electrons. The van der Waals surface area contributed by atoms with Gasteiger partial charge in [0.2, 0.25) is 0 Å². The lowest BCUT2D eigenvalue weighted by atomic mass is 10.1. The van der Waals surface area contributed by atoms with E-state index >= 15 is 0 Å². The second-order valence-corrected chi connectivity index (χ2v) is 6.12. The number of hydrogen-bond acceptors (Lipinski definition) is 4. The average molecular weight is 377 g/mol. The average Bonchev–Trinajstić information content (AvgIpc) is 2.38. The molecule has 0 aliphatic carbocycles. The van der Waals surface area contributed by atoms with Crippen molar-refractivity contribution >= 4 is 28.4 Å². The second kappa shape index (κ2) is 8.68. The molecule has 0 bridgehead atoms. The van der Waals surface area contributed by atoms with Crippen molar-refractivity contribution in [2.24, 2.45) is 5.92 Å². The number of ether oxygens (including phenoxy) is 1. The Bertz CT molecular complexity index is 397. The van der Waals surface area contributed by atoms with E-state index in [1.807, 2.05) is 0 Å². The molecule has 1 heterocycles. The summed E-state index contributed by atoms with van der Waals surface area (Å²) in [6.45, 7) is 8.06. The summed E-state index contributed by atoms with van der Waals surface area (Å²) in [6, 6.07) is 0. The zero-order chi connectivity index (χ0) is 14.3. The van der Waals surface area contributed by atoms with Crippen LogP contribution in [-0.4, -0.2) is 23.6 Å². The maximum absolute atomic E-state index is 5.23. The molecule has 0 spiro atoms. The molecule has 0 saturated heterocycles. The summed E-state index contributed by atoms with van der Waals surface area (Å²) < 4.78 is 6.30. The number of nitrogens with zero attached hydrogens (tertiary/aromatic N) is 2. The first-order valence-electron chi connectivity index (χ1n) is 6.86. The molecule has 0 atom stereocenters. The van der Waals surface area contributed by atoms with Crippen LogP contribution < -0.4 is 5.32 Å². The molecule has 1 N–H and O–H groups in total. The van der Waals surface area contributed by atoms with E-state index in [1.165, 1.54) is 0 Å². The molecule has 5 heteroatoms. The minimum absolute atomic E-state index is 0.538. The first-order valence-corrected chi connectivity index (χ1v) is 7.94. The SMILES string of the molecule is CCCNc1nc(CCC(C)C)nc(COC)c1I. The summed E-state index contributed by atoms with van der Waals surface area (Å²) in [5.41, 5.74) is 0.982. The molecule has 0 amide bonds. The van der Waals surface area contributed by atoms with E-state index in [9.17, 15) is 0 Å². The van der Waals surface area contributed by atoms with E-state index in [2.05, 4.69) is 58.6 Å². The summed E-state index contributed by atoms with van der Waals surface area (Å²) in [5.74, 6) is 2.53. The fourth-order valence-corrected chi connectivity index (χ4v) is 2.25. The summed E-state index contributed by atoms with van der Waals surface area (Å²) in [5, 5.41) is 3.38. The van der Waals surface area contributed by atoms with Gasteiger partial charge in [0, 0.05) is 20.1 Å². The highest BCUT2D eigenvalue weighted by Crippen LogP contribution is 2.21. The smallest absolute Gasteiger partial charge is 0.143 e. The maximum atomic E-state index is 5.23. The lowest BCUT2D eigenvalue weighted by molar-refractivity contribution is 0.180. The Kier molecular flexibility index (Phi) is 7.60. The van der Waals surface area contributed by atoms with Gasteiger partial charge in [0.05, 0.1) is 15.9 Å². The number of halogens is 1. The Balaban J connectivity index is 2.93. The Morgan fingerprint density at radius 1 is 1.32 bits per heavy atom. The predicted molar refractivity (Wildman–Crippen MR) is 87.4 cm³/mol. The number of methoxy groups -OCH3 is 1. The van der Waals surface area contributed by atoms with E-state index in [4.69, 9.17) is 4.74 Å². The Morgan fingerprint density at radius 3 is 2.63 bits per heavy atom. The highest BCUT2D eigenvalue weighted by Gasteiger charge is 2.12. The topological polar surface area (TPSA) is 47.0 Å². The van der Waals surface area contributed by atoms with E-state index in [0.29, 0.717) is 12.5 Å². The zero-order valence-corrected chi connectivity index (χ0v) is 14.5. The molecule has 0 unspecified atom stereocenters. The van der Waals surface area contributed by atoms with Gasteiger partial charge >= 0.3 is 0 Å². The highest BCUT2D eigenvalue weighted by atomic mass is 127. The van der Waals surface area contributed by atoms with Crippen molar-refractivity contribution in [2.45, 2.75) is 46.6 Å². The largest absolute Gasteiger partial charge is 0.378 e. The Hall–Kier alpha value is -0.430. The van der Waals surface area contributed by atoms with Crippen molar-refractivity contribution in [2.75, 3.05) is 19.0 Å². The molecule has 0 aromatic carbocycles. The van der Waals surface area contributed by atoms with Crippen LogP contribution in [0.1, 0.15) is 45.1 Å². The molecule has 4 nitrogen and oxygen atoms in total. The van der Waals surface area contributed by atoms with Gasteiger partial charge in [0.15, 0.2) is 0 Å². The quantitative estimate of drug-likeness (QED) is 0.703. The van der Waals surface area contributed by atoms with Gasteiger partial charge in [-0.05, 0) is 41.4 Å². The maximum Gasteiger partial charge on any atom is 0.143 e. The molecular weight excluding hydrogens is 353 g/mol. The number of rotatable bonds is 8. The van der Waals surface area contributed by atoms with Crippen LogP contribution >= 0.6 is 22.6 Å². The third kappa shape index (κ3) is 5.60. The number of anilines is 1. The Morgan fingerprint density at radius 2 is 2.05 bits per heavy atom. The number of hydrogen-bond donors (Lipinski definition) is 1. The summed E-state index contributed by atoms with van der Waals surface area (Å²) in [4.78, 5) is 9.26. The second-order valence-electron chi connectivity index (χ2n) is 5.04. The minimum Gasteiger partial charge on any atom is -0.378 e. The molecule has 0 aliphatic rings. The van der Waals surface area contributed by atoms with Crippen LogP contribution in [0.2, 0.25) is 0 Å². The van der Waals surface area contributed by atoms with Gasteiger partial charge in [-0.3, -0.25) is 0 Å². The van der Waals surface area contributed by atoms with Crippen LogP contribution in [-0.2, 0) is 17.8 Å². The van der Waals surface area contributed by atoms with Crippen LogP contribution in [0.25, 0.3) is 0 Å². The summed E-state index contributed by atoms with van der Waals surface area (Å²) in [7, 11) is 1.70. The molecule has 0 fully saturated rings. The molecule has 1 aromatic rings. The molecule has 108 valence electrons. The molecular formula is C14H24IN3O. The van der Waals surface area contributed by atoms with Gasteiger partial charge in [-0.1, -0.05) is 20.8 Å². The van der Waals surface area contributed by atoms with Crippen molar-refractivity contribution < 1.29 is 4.74 Å². The van der Waals surface area contributed by atoms with Gasteiger partial charge in [-0.25, -0.2) is 9.97 Å². The van der Waals surface area contributed by atoms with Crippen LogP contribution in [0.15, 0.2) is 0 Å². The van der Waals surface area contributed by atoms with Crippen molar-refractivity contribution in [3.05, 3.63) is 15.1 Å². The van der Waals surface area contributed by atoms with Crippen molar-refractivity contribution in [1.82, 2.24) is 9.97 Å². The lowest BCUT2D eigenvalue weighted by Gasteiger charge is -2.13. The van der Waals surface area contributed by atoms with Crippen LogP contribution in [0.3, 0.4) is 0 Å². The fourth-order valence-electron chi connectivity index (χ4n) is 1.67. The zero-order valence-electron chi connectivity index (χ0n) is 12.3. The lowest BCUT2D eigenvalue weighted by Crippen LogP contribution is -2.11. The van der Waals surface area contributed by atoms with Crippen LogP contribution in [0.5, 0.6) is 0 Å². The number of aryl methyl sites for hydroxylation is 1. The number of nitrogens with one attached hydrogen (secondary N) is 1. The molecule has 0 aliphatic heterocycles. The van der Waals surface area contributed by atoms with E-state index in [-0.39, 0.29) is 0 Å². The van der Waals surface area contributed by atoms with Crippen molar-refractivity contribution in [3.8, 4) is 0 Å². The van der Waals surface area contributed by atoms with Gasteiger partial charge in [-0.2, -0.15) is 0 Å². The van der Waals surface area contributed by atoms with Gasteiger partial charge in [0.1, 0.15) is 11.6 Å². The normalized spacial score (nSPS) is 11.1. The molecule has 1 rings (SSSR count). The van der Waals surface area contributed by atoms with Gasteiger partial charge < -0.3 is 10.1 Å². The summed E-state index contributed by atoms with van der Waals surface area (Å²) >= 11 is 2.29. The van der Waals surface area contributed by atoms with Gasteiger partial charge in [0.25, 0.3) is 0 Å². The molecule has 1 aromatic heterocycles. The first-order chi connectivity index (χ1) is 9.08. The Labute approximate surface area is 129 Å². The standard InChI is InChI=1S/C14H24IN3O/c1-5-8-16-14-13(15)11(9-19-4)17-12(18-14)7-6-10(2)3/h10H,5-9H2,1-4H3,(H,16,17,18). The van der Waals surface area contributed by atoms with E-state index < -0.39 is 0 Å². The first kappa shape index (κ1) is 16.6. The predicted octanol–water partition coefficient (Wildman–Crippen LogP) is 3.64.